The lowest BCUT2D eigenvalue weighted by atomic mass is 10.2. The molecule has 0 fully saturated rings. The van der Waals surface area contributed by atoms with Gasteiger partial charge in [-0.2, -0.15) is 0 Å². The monoisotopic (exact) mass is 362 g/mol. The third-order valence-corrected chi connectivity index (χ3v) is 3.52. The Labute approximate surface area is 151 Å². The summed E-state index contributed by atoms with van der Waals surface area (Å²) in [6.07, 6.45) is 0. The van der Waals surface area contributed by atoms with E-state index in [0.717, 1.165) is 0 Å². The average molecular weight is 363 g/mol. The van der Waals surface area contributed by atoms with Crippen LogP contribution in [-0.4, -0.2) is 38.6 Å². The number of rotatable bonds is 8. The number of nitrogens with one attached hydrogen (secondary N) is 2. The molecule has 0 aliphatic carbocycles. The van der Waals surface area contributed by atoms with Crippen LogP contribution in [0.15, 0.2) is 48.5 Å². The molecule has 2 amide bonds. The molecule has 0 atom stereocenters. The Balaban J connectivity index is 1.67. The minimum Gasteiger partial charge on any atom is -0.496 e. The van der Waals surface area contributed by atoms with Gasteiger partial charge in [-0.15, -0.1) is 0 Å². The second kappa shape index (κ2) is 9.54. The van der Waals surface area contributed by atoms with Gasteiger partial charge < -0.3 is 20.1 Å². The smallest absolute Gasteiger partial charge is 0.258 e. The third kappa shape index (κ3) is 6.00. The molecule has 0 heterocycles. The van der Waals surface area contributed by atoms with Crippen molar-refractivity contribution in [2.45, 2.75) is 0 Å². The van der Waals surface area contributed by atoms with Crippen molar-refractivity contribution in [1.82, 2.24) is 10.6 Å². The minimum absolute atomic E-state index is 0.109. The van der Waals surface area contributed by atoms with Gasteiger partial charge in [-0.25, -0.2) is 0 Å². The molecule has 0 spiro atoms. The number of hydrogen-bond acceptors (Lipinski definition) is 4. The summed E-state index contributed by atoms with van der Waals surface area (Å²) in [4.78, 5) is 23.8. The maximum absolute atomic E-state index is 12.1. The number of methoxy groups -OCH3 is 1. The van der Waals surface area contributed by atoms with Crippen molar-refractivity contribution in [3.63, 3.8) is 0 Å². The molecular weight excluding hydrogens is 344 g/mol. The van der Waals surface area contributed by atoms with Crippen LogP contribution in [0, 0.1) is 0 Å². The number of benzene rings is 2. The van der Waals surface area contributed by atoms with Crippen LogP contribution in [0.2, 0.25) is 5.02 Å². The Bertz CT molecular complexity index is 719. The van der Waals surface area contributed by atoms with Gasteiger partial charge in [-0.3, -0.25) is 9.59 Å². The second-order valence-corrected chi connectivity index (χ2v) is 5.49. The van der Waals surface area contributed by atoms with Crippen molar-refractivity contribution >= 4 is 23.4 Å². The first-order valence-corrected chi connectivity index (χ1v) is 8.04. The highest BCUT2D eigenvalue weighted by atomic mass is 35.5. The van der Waals surface area contributed by atoms with Crippen LogP contribution in [0.4, 0.5) is 0 Å². The van der Waals surface area contributed by atoms with Gasteiger partial charge in [-0.1, -0.05) is 23.7 Å². The van der Waals surface area contributed by atoms with Gasteiger partial charge in [0.05, 0.1) is 12.7 Å². The van der Waals surface area contributed by atoms with Crippen LogP contribution in [0.5, 0.6) is 11.5 Å². The van der Waals surface area contributed by atoms with Crippen LogP contribution in [0.3, 0.4) is 0 Å². The van der Waals surface area contributed by atoms with Crippen molar-refractivity contribution in [2.75, 3.05) is 26.8 Å². The molecule has 6 nitrogen and oxygen atoms in total. The molecule has 0 aliphatic heterocycles. The third-order valence-electron chi connectivity index (χ3n) is 3.27. The molecule has 2 aromatic carbocycles. The summed E-state index contributed by atoms with van der Waals surface area (Å²) in [5.74, 6) is 0.523. The zero-order valence-corrected chi connectivity index (χ0v) is 14.5. The molecule has 0 saturated carbocycles. The maximum atomic E-state index is 12.1. The lowest BCUT2D eigenvalue weighted by Gasteiger charge is -2.10. The number of amides is 2. The normalized spacial score (nSPS) is 10.0. The Kier molecular flexibility index (Phi) is 7.10. The Morgan fingerprint density at radius 2 is 1.68 bits per heavy atom. The van der Waals surface area contributed by atoms with Gasteiger partial charge in [0.25, 0.3) is 11.8 Å². The zero-order chi connectivity index (χ0) is 18.1. The lowest BCUT2D eigenvalue weighted by Crippen LogP contribution is -2.36. The molecule has 2 N–H and O–H groups in total. The number of hydrogen-bond donors (Lipinski definition) is 2. The van der Waals surface area contributed by atoms with Gasteiger partial charge >= 0.3 is 0 Å². The first-order chi connectivity index (χ1) is 12.1. The summed E-state index contributed by atoms with van der Waals surface area (Å²) < 4.78 is 10.5. The summed E-state index contributed by atoms with van der Waals surface area (Å²) >= 11 is 5.77. The first kappa shape index (κ1) is 18.6. The topological polar surface area (TPSA) is 76.7 Å². The fraction of sp³-hybridized carbons (Fsp3) is 0.222. The lowest BCUT2D eigenvalue weighted by molar-refractivity contribution is -0.123. The predicted octanol–water partition coefficient (Wildman–Crippen LogP) is 2.27. The standard InChI is InChI=1S/C18H19ClN2O4/c1-24-16-5-3-2-4-15(16)18(23)21-11-10-20-17(22)12-25-14-8-6-13(19)7-9-14/h2-9H,10-12H2,1H3,(H,20,22)(H,21,23). The summed E-state index contributed by atoms with van der Waals surface area (Å²) in [5.41, 5.74) is 0.447. The van der Waals surface area contributed by atoms with Crippen LogP contribution in [0.25, 0.3) is 0 Å². The molecule has 0 bridgehead atoms. The van der Waals surface area contributed by atoms with Crippen molar-refractivity contribution in [1.29, 1.82) is 0 Å². The molecule has 2 rings (SSSR count). The van der Waals surface area contributed by atoms with Crippen LogP contribution in [0.1, 0.15) is 10.4 Å². The molecule has 0 aliphatic rings. The van der Waals surface area contributed by atoms with Crippen LogP contribution >= 0.6 is 11.6 Å². The summed E-state index contributed by atoms with van der Waals surface area (Å²) in [7, 11) is 1.51. The van der Waals surface area contributed by atoms with E-state index < -0.39 is 0 Å². The van der Waals surface area contributed by atoms with Gasteiger partial charge in [0.1, 0.15) is 11.5 Å². The van der Waals surface area contributed by atoms with Gasteiger partial charge in [-0.05, 0) is 36.4 Å². The van der Waals surface area contributed by atoms with Crippen molar-refractivity contribution in [3.05, 3.63) is 59.1 Å². The highest BCUT2D eigenvalue weighted by Crippen LogP contribution is 2.16. The van der Waals surface area contributed by atoms with Gasteiger partial charge in [0, 0.05) is 18.1 Å². The van der Waals surface area contributed by atoms with E-state index in [1.54, 1.807) is 48.5 Å². The molecule has 25 heavy (non-hydrogen) atoms. The van der Waals surface area contributed by atoms with E-state index in [1.165, 1.54) is 7.11 Å². The molecule has 132 valence electrons. The molecule has 0 saturated heterocycles. The second-order valence-electron chi connectivity index (χ2n) is 5.05. The summed E-state index contributed by atoms with van der Waals surface area (Å²) in [6.45, 7) is 0.482. The zero-order valence-electron chi connectivity index (χ0n) is 13.8. The number of ether oxygens (including phenoxy) is 2. The van der Waals surface area contributed by atoms with E-state index in [2.05, 4.69) is 10.6 Å². The minimum atomic E-state index is -0.276. The number of para-hydroxylation sites is 1. The Morgan fingerprint density at radius 1 is 1.00 bits per heavy atom. The summed E-state index contributed by atoms with van der Waals surface area (Å²) in [6, 6.07) is 13.7. The van der Waals surface area contributed by atoms with Crippen LogP contribution in [-0.2, 0) is 4.79 Å². The van der Waals surface area contributed by atoms with Gasteiger partial charge in [0.15, 0.2) is 6.61 Å². The Hall–Kier alpha value is -2.73. The van der Waals surface area contributed by atoms with Crippen molar-refractivity contribution in [3.8, 4) is 11.5 Å². The van der Waals surface area contributed by atoms with E-state index in [0.29, 0.717) is 35.2 Å². The molecule has 2 aromatic rings. The van der Waals surface area contributed by atoms with E-state index in [4.69, 9.17) is 21.1 Å². The molecular formula is C18H19ClN2O4. The average Bonchev–Trinajstić information content (AvgIpc) is 2.64. The fourth-order valence-corrected chi connectivity index (χ4v) is 2.16. The first-order valence-electron chi connectivity index (χ1n) is 7.66. The van der Waals surface area contributed by atoms with Crippen molar-refractivity contribution in [2.24, 2.45) is 0 Å². The molecule has 0 radical (unpaired) electrons. The number of carbonyl (C=O) groups excluding carboxylic acids is 2. The van der Waals surface area contributed by atoms with E-state index >= 15 is 0 Å². The van der Waals surface area contributed by atoms with Crippen molar-refractivity contribution < 1.29 is 19.1 Å². The largest absolute Gasteiger partial charge is 0.496 e. The highest BCUT2D eigenvalue weighted by molar-refractivity contribution is 6.30. The quantitative estimate of drug-likeness (QED) is 0.706. The highest BCUT2D eigenvalue weighted by Gasteiger charge is 2.10. The van der Waals surface area contributed by atoms with Gasteiger partial charge in [0.2, 0.25) is 0 Å². The molecule has 7 heteroatoms. The van der Waals surface area contributed by atoms with Crippen LogP contribution < -0.4 is 20.1 Å². The predicted molar refractivity (Wildman–Crippen MR) is 95.3 cm³/mol. The van der Waals surface area contributed by atoms with E-state index in [1.807, 2.05) is 0 Å². The number of halogens is 1. The fourth-order valence-electron chi connectivity index (χ4n) is 2.04. The van der Waals surface area contributed by atoms with E-state index in [-0.39, 0.29) is 18.4 Å². The maximum Gasteiger partial charge on any atom is 0.258 e. The summed E-state index contributed by atoms with van der Waals surface area (Å²) in [5, 5.41) is 5.98. The number of carbonyl (C=O) groups is 2. The molecule has 0 aromatic heterocycles. The Morgan fingerprint density at radius 3 is 2.40 bits per heavy atom. The van der Waals surface area contributed by atoms with E-state index in [9.17, 15) is 9.59 Å². The molecule has 0 unspecified atom stereocenters. The SMILES string of the molecule is COc1ccccc1C(=O)NCCNC(=O)COc1ccc(Cl)cc1.